The first-order valence-electron chi connectivity index (χ1n) is 7.05. The monoisotopic (exact) mass is 392 g/mol. The SMILES string of the molecule is CC(=O)Nc1ccc(NC(=O)[C@@H](C)Sc2ccc(Br)cc2)cc1. The van der Waals surface area contributed by atoms with Gasteiger partial charge in [0.15, 0.2) is 0 Å². The lowest BCUT2D eigenvalue weighted by atomic mass is 10.2. The van der Waals surface area contributed by atoms with Crippen LogP contribution in [-0.4, -0.2) is 17.1 Å². The van der Waals surface area contributed by atoms with Crippen molar-refractivity contribution >= 4 is 50.9 Å². The summed E-state index contributed by atoms with van der Waals surface area (Å²) in [4.78, 5) is 24.2. The average molecular weight is 393 g/mol. The Balaban J connectivity index is 1.92. The molecule has 0 unspecified atom stereocenters. The van der Waals surface area contributed by atoms with Crippen LogP contribution in [0, 0.1) is 0 Å². The van der Waals surface area contributed by atoms with Crippen LogP contribution in [0.15, 0.2) is 57.9 Å². The summed E-state index contributed by atoms with van der Waals surface area (Å²) in [6.45, 7) is 3.32. The maximum absolute atomic E-state index is 12.2. The normalized spacial score (nSPS) is 11.6. The fraction of sp³-hybridized carbons (Fsp3) is 0.176. The van der Waals surface area contributed by atoms with Gasteiger partial charge in [0.25, 0.3) is 0 Å². The standard InChI is InChI=1S/C17H17BrN2O2S/c1-11(23-16-9-3-13(18)4-10-16)17(22)20-15-7-5-14(6-8-15)19-12(2)21/h3-11H,1-2H3,(H,19,21)(H,20,22)/t11-/m1/s1. The van der Waals surface area contributed by atoms with Crippen LogP contribution >= 0.6 is 27.7 Å². The number of amides is 2. The molecule has 23 heavy (non-hydrogen) atoms. The highest BCUT2D eigenvalue weighted by molar-refractivity contribution is 9.10. The molecule has 120 valence electrons. The number of nitrogens with one attached hydrogen (secondary N) is 2. The van der Waals surface area contributed by atoms with E-state index in [0.29, 0.717) is 11.4 Å². The molecule has 4 nitrogen and oxygen atoms in total. The van der Waals surface area contributed by atoms with Gasteiger partial charge < -0.3 is 10.6 Å². The van der Waals surface area contributed by atoms with Crippen molar-refractivity contribution in [3.63, 3.8) is 0 Å². The van der Waals surface area contributed by atoms with Gasteiger partial charge in [0.2, 0.25) is 11.8 Å². The number of carbonyl (C=O) groups excluding carboxylic acids is 2. The van der Waals surface area contributed by atoms with Gasteiger partial charge in [0.1, 0.15) is 0 Å². The molecule has 0 aromatic heterocycles. The lowest BCUT2D eigenvalue weighted by Gasteiger charge is -2.12. The second-order valence-electron chi connectivity index (χ2n) is 4.96. The molecule has 0 aliphatic rings. The minimum absolute atomic E-state index is 0.0646. The van der Waals surface area contributed by atoms with Gasteiger partial charge in [-0.15, -0.1) is 11.8 Å². The second kappa shape index (κ2) is 8.17. The first-order chi connectivity index (χ1) is 10.9. The van der Waals surface area contributed by atoms with Gasteiger partial charge in [-0.25, -0.2) is 0 Å². The molecule has 2 aromatic rings. The highest BCUT2D eigenvalue weighted by atomic mass is 79.9. The van der Waals surface area contributed by atoms with Crippen molar-refractivity contribution < 1.29 is 9.59 Å². The molecule has 2 rings (SSSR count). The third kappa shape index (κ3) is 5.73. The van der Waals surface area contributed by atoms with E-state index in [1.807, 2.05) is 31.2 Å². The molecule has 0 heterocycles. The van der Waals surface area contributed by atoms with Gasteiger partial charge in [0, 0.05) is 27.7 Å². The van der Waals surface area contributed by atoms with E-state index in [-0.39, 0.29) is 17.1 Å². The lowest BCUT2D eigenvalue weighted by Crippen LogP contribution is -2.22. The van der Waals surface area contributed by atoms with Crippen LogP contribution in [0.5, 0.6) is 0 Å². The van der Waals surface area contributed by atoms with Crippen LogP contribution in [0.25, 0.3) is 0 Å². The van der Waals surface area contributed by atoms with E-state index in [9.17, 15) is 9.59 Å². The van der Waals surface area contributed by atoms with Crippen molar-refractivity contribution in [2.24, 2.45) is 0 Å². The van der Waals surface area contributed by atoms with Gasteiger partial charge in [-0.3, -0.25) is 9.59 Å². The van der Waals surface area contributed by atoms with Crippen molar-refractivity contribution in [3.8, 4) is 0 Å². The molecule has 1 atom stereocenters. The Morgan fingerprint density at radius 2 is 1.48 bits per heavy atom. The van der Waals surface area contributed by atoms with Crippen LogP contribution in [0.2, 0.25) is 0 Å². The third-order valence-electron chi connectivity index (χ3n) is 2.97. The minimum Gasteiger partial charge on any atom is -0.326 e. The molecule has 0 fully saturated rings. The molecule has 2 aromatic carbocycles. The van der Waals surface area contributed by atoms with E-state index in [1.54, 1.807) is 24.3 Å². The van der Waals surface area contributed by atoms with Gasteiger partial charge in [-0.2, -0.15) is 0 Å². The van der Waals surface area contributed by atoms with Crippen molar-refractivity contribution in [2.75, 3.05) is 10.6 Å². The first-order valence-corrected chi connectivity index (χ1v) is 8.72. The van der Waals surface area contributed by atoms with E-state index < -0.39 is 0 Å². The average Bonchev–Trinajstić information content (AvgIpc) is 2.51. The zero-order valence-corrected chi connectivity index (χ0v) is 15.2. The van der Waals surface area contributed by atoms with Gasteiger partial charge in [-0.1, -0.05) is 15.9 Å². The van der Waals surface area contributed by atoms with Crippen LogP contribution in [0.3, 0.4) is 0 Å². The molecule has 2 amide bonds. The number of carbonyl (C=O) groups is 2. The van der Waals surface area contributed by atoms with Gasteiger partial charge in [0.05, 0.1) is 5.25 Å². The van der Waals surface area contributed by atoms with E-state index >= 15 is 0 Å². The molecule has 0 bridgehead atoms. The van der Waals surface area contributed by atoms with Gasteiger partial charge >= 0.3 is 0 Å². The fourth-order valence-electron chi connectivity index (χ4n) is 1.85. The smallest absolute Gasteiger partial charge is 0.237 e. The lowest BCUT2D eigenvalue weighted by molar-refractivity contribution is -0.115. The fourth-order valence-corrected chi connectivity index (χ4v) is 2.99. The Morgan fingerprint density at radius 3 is 2.00 bits per heavy atom. The van der Waals surface area contributed by atoms with Crippen molar-refractivity contribution in [1.82, 2.24) is 0 Å². The summed E-state index contributed by atoms with van der Waals surface area (Å²) in [7, 11) is 0. The number of hydrogen-bond acceptors (Lipinski definition) is 3. The third-order valence-corrected chi connectivity index (χ3v) is 4.61. The predicted molar refractivity (Wildman–Crippen MR) is 98.8 cm³/mol. The van der Waals surface area contributed by atoms with Gasteiger partial charge in [-0.05, 0) is 55.5 Å². The Bertz CT molecular complexity index is 687. The number of rotatable bonds is 5. The van der Waals surface area contributed by atoms with Crippen molar-refractivity contribution in [1.29, 1.82) is 0 Å². The summed E-state index contributed by atoms with van der Waals surface area (Å²) >= 11 is 4.89. The van der Waals surface area contributed by atoms with Crippen LogP contribution < -0.4 is 10.6 Å². The largest absolute Gasteiger partial charge is 0.326 e. The number of anilines is 2. The maximum Gasteiger partial charge on any atom is 0.237 e. The Morgan fingerprint density at radius 1 is 0.957 bits per heavy atom. The second-order valence-corrected chi connectivity index (χ2v) is 7.29. The van der Waals surface area contributed by atoms with Crippen LogP contribution in [-0.2, 0) is 9.59 Å². The maximum atomic E-state index is 12.2. The molecular formula is C17H17BrN2O2S. The minimum atomic E-state index is -0.216. The molecular weight excluding hydrogens is 376 g/mol. The summed E-state index contributed by atoms with van der Waals surface area (Å²) in [6.07, 6.45) is 0. The first kappa shape index (κ1) is 17.6. The molecule has 6 heteroatoms. The Hall–Kier alpha value is -1.79. The van der Waals surface area contributed by atoms with E-state index in [1.165, 1.54) is 18.7 Å². The molecule has 0 saturated heterocycles. The molecule has 2 N–H and O–H groups in total. The zero-order valence-electron chi connectivity index (χ0n) is 12.8. The Labute approximate surface area is 148 Å². The summed E-state index contributed by atoms with van der Waals surface area (Å²) in [5, 5.41) is 5.34. The molecule has 0 aliphatic carbocycles. The summed E-state index contributed by atoms with van der Waals surface area (Å²) in [6, 6.07) is 14.9. The van der Waals surface area contributed by atoms with E-state index in [4.69, 9.17) is 0 Å². The molecule has 0 saturated carbocycles. The van der Waals surface area contributed by atoms with Crippen LogP contribution in [0.1, 0.15) is 13.8 Å². The highest BCUT2D eigenvalue weighted by Crippen LogP contribution is 2.25. The zero-order chi connectivity index (χ0) is 16.8. The Kier molecular flexibility index (Phi) is 6.24. The van der Waals surface area contributed by atoms with Crippen LogP contribution in [0.4, 0.5) is 11.4 Å². The predicted octanol–water partition coefficient (Wildman–Crippen LogP) is 4.53. The summed E-state index contributed by atoms with van der Waals surface area (Å²) in [5.74, 6) is -0.188. The number of hydrogen-bond donors (Lipinski definition) is 2. The quantitative estimate of drug-likeness (QED) is 0.734. The molecule has 0 spiro atoms. The number of benzene rings is 2. The van der Waals surface area contributed by atoms with Crippen molar-refractivity contribution in [3.05, 3.63) is 53.0 Å². The van der Waals surface area contributed by atoms with Crippen molar-refractivity contribution in [2.45, 2.75) is 24.0 Å². The van der Waals surface area contributed by atoms with E-state index in [0.717, 1.165) is 9.37 Å². The molecule has 0 aliphatic heterocycles. The number of thioether (sulfide) groups is 1. The topological polar surface area (TPSA) is 58.2 Å². The van der Waals surface area contributed by atoms with E-state index in [2.05, 4.69) is 26.6 Å². The highest BCUT2D eigenvalue weighted by Gasteiger charge is 2.14. The number of halogens is 1. The summed E-state index contributed by atoms with van der Waals surface area (Å²) in [5.41, 5.74) is 1.40. The summed E-state index contributed by atoms with van der Waals surface area (Å²) < 4.78 is 1.01. The molecule has 0 radical (unpaired) electrons.